The Morgan fingerprint density at radius 1 is 1.35 bits per heavy atom. The first-order valence-electron chi connectivity index (χ1n) is 5.59. The Kier molecular flexibility index (Phi) is 3.68. The summed E-state index contributed by atoms with van der Waals surface area (Å²) in [6.45, 7) is 5.41. The molecule has 0 saturated carbocycles. The molecule has 0 saturated heterocycles. The van der Waals surface area contributed by atoms with Gasteiger partial charge < -0.3 is 20.1 Å². The molecule has 0 bridgehead atoms. The van der Waals surface area contributed by atoms with Crippen molar-refractivity contribution in [2.24, 2.45) is 5.92 Å². The van der Waals surface area contributed by atoms with Crippen LogP contribution in [0.25, 0.3) is 0 Å². The lowest BCUT2D eigenvalue weighted by Crippen LogP contribution is -2.31. The molecule has 0 radical (unpaired) electrons. The van der Waals surface area contributed by atoms with Gasteiger partial charge in [-0.05, 0) is 30.3 Å². The number of hydrogen-bond acceptors (Lipinski definition) is 3. The van der Waals surface area contributed by atoms with Gasteiger partial charge >= 0.3 is 0 Å². The zero-order chi connectivity index (χ0) is 12.3. The molecule has 0 unspecified atom stereocenters. The van der Waals surface area contributed by atoms with Gasteiger partial charge in [-0.2, -0.15) is 0 Å². The summed E-state index contributed by atoms with van der Waals surface area (Å²) in [7, 11) is 0. The van der Waals surface area contributed by atoms with E-state index in [9.17, 15) is 0 Å². The molecular formula is C12H16N2O2S. The van der Waals surface area contributed by atoms with Gasteiger partial charge in [0.25, 0.3) is 0 Å². The Morgan fingerprint density at radius 2 is 2.12 bits per heavy atom. The topological polar surface area (TPSA) is 42.5 Å². The van der Waals surface area contributed by atoms with Gasteiger partial charge in [0.05, 0.1) is 0 Å². The Balaban J connectivity index is 1.92. The number of nitrogens with one attached hydrogen (secondary N) is 2. The lowest BCUT2D eigenvalue weighted by atomic mass is 10.2. The Hall–Kier alpha value is -1.49. The van der Waals surface area contributed by atoms with Crippen molar-refractivity contribution in [3.05, 3.63) is 18.2 Å². The zero-order valence-corrected chi connectivity index (χ0v) is 10.8. The van der Waals surface area contributed by atoms with Crippen LogP contribution in [0.4, 0.5) is 5.69 Å². The second kappa shape index (κ2) is 5.23. The van der Waals surface area contributed by atoms with E-state index in [-0.39, 0.29) is 6.79 Å². The molecule has 0 atom stereocenters. The minimum atomic E-state index is 0.287. The lowest BCUT2D eigenvalue weighted by Gasteiger charge is -2.12. The maximum absolute atomic E-state index is 5.29. The molecule has 1 aromatic carbocycles. The molecule has 0 fully saturated rings. The number of hydrogen-bond donors (Lipinski definition) is 2. The quantitative estimate of drug-likeness (QED) is 0.808. The van der Waals surface area contributed by atoms with E-state index in [0.717, 1.165) is 23.7 Å². The van der Waals surface area contributed by atoms with Crippen molar-refractivity contribution in [2.45, 2.75) is 13.8 Å². The number of ether oxygens (including phenoxy) is 2. The number of fused-ring (bicyclic) bond motifs is 1. The summed E-state index contributed by atoms with van der Waals surface area (Å²) in [4.78, 5) is 0. The minimum Gasteiger partial charge on any atom is -0.454 e. The van der Waals surface area contributed by atoms with Crippen LogP contribution in [0.5, 0.6) is 11.5 Å². The van der Waals surface area contributed by atoms with E-state index in [1.54, 1.807) is 0 Å². The molecule has 0 aliphatic carbocycles. The van der Waals surface area contributed by atoms with Gasteiger partial charge in [0.15, 0.2) is 16.6 Å². The summed E-state index contributed by atoms with van der Waals surface area (Å²) in [6, 6.07) is 5.66. The van der Waals surface area contributed by atoms with Crippen molar-refractivity contribution in [3.63, 3.8) is 0 Å². The molecule has 0 amide bonds. The van der Waals surface area contributed by atoms with Crippen LogP contribution in [0.3, 0.4) is 0 Å². The minimum absolute atomic E-state index is 0.287. The third kappa shape index (κ3) is 3.23. The summed E-state index contributed by atoms with van der Waals surface area (Å²) < 4.78 is 10.5. The van der Waals surface area contributed by atoms with Crippen LogP contribution in [0, 0.1) is 5.92 Å². The monoisotopic (exact) mass is 252 g/mol. The summed E-state index contributed by atoms with van der Waals surface area (Å²) in [5.74, 6) is 2.09. The molecule has 1 aliphatic heterocycles. The van der Waals surface area contributed by atoms with E-state index in [1.165, 1.54) is 0 Å². The molecule has 5 heteroatoms. The molecule has 2 N–H and O–H groups in total. The fourth-order valence-electron chi connectivity index (χ4n) is 1.45. The highest BCUT2D eigenvalue weighted by Crippen LogP contribution is 2.34. The van der Waals surface area contributed by atoms with Gasteiger partial charge in [-0.15, -0.1) is 0 Å². The van der Waals surface area contributed by atoms with Gasteiger partial charge in [-0.25, -0.2) is 0 Å². The fourth-order valence-corrected chi connectivity index (χ4v) is 1.65. The molecule has 4 nitrogen and oxygen atoms in total. The Bertz CT molecular complexity index is 421. The van der Waals surface area contributed by atoms with Gasteiger partial charge in [-0.1, -0.05) is 13.8 Å². The number of thiocarbonyl (C=S) groups is 1. The molecule has 0 aromatic heterocycles. The highest BCUT2D eigenvalue weighted by molar-refractivity contribution is 7.80. The van der Waals surface area contributed by atoms with Gasteiger partial charge in [0.2, 0.25) is 6.79 Å². The summed E-state index contributed by atoms with van der Waals surface area (Å²) in [5, 5.41) is 6.88. The highest BCUT2D eigenvalue weighted by atomic mass is 32.1. The van der Waals surface area contributed by atoms with Crippen LogP contribution in [0.2, 0.25) is 0 Å². The fraction of sp³-hybridized carbons (Fsp3) is 0.417. The third-order valence-corrected chi connectivity index (χ3v) is 2.55. The summed E-state index contributed by atoms with van der Waals surface area (Å²) in [6.07, 6.45) is 0. The first kappa shape index (κ1) is 12.0. The number of anilines is 1. The third-order valence-electron chi connectivity index (χ3n) is 2.30. The van der Waals surface area contributed by atoms with Crippen LogP contribution in [0.15, 0.2) is 18.2 Å². The highest BCUT2D eigenvalue weighted by Gasteiger charge is 2.13. The zero-order valence-electron chi connectivity index (χ0n) is 9.95. The molecular weight excluding hydrogens is 236 g/mol. The van der Waals surface area contributed by atoms with Gasteiger partial charge in [-0.3, -0.25) is 0 Å². The van der Waals surface area contributed by atoms with Crippen molar-refractivity contribution in [1.29, 1.82) is 0 Å². The number of benzene rings is 1. The summed E-state index contributed by atoms with van der Waals surface area (Å²) >= 11 is 5.19. The largest absolute Gasteiger partial charge is 0.454 e. The first-order chi connectivity index (χ1) is 8.15. The molecule has 1 aliphatic rings. The van der Waals surface area contributed by atoms with E-state index in [1.807, 2.05) is 18.2 Å². The van der Waals surface area contributed by atoms with E-state index in [0.29, 0.717) is 11.0 Å². The molecule has 1 aromatic rings. The molecule has 17 heavy (non-hydrogen) atoms. The van der Waals surface area contributed by atoms with Crippen molar-refractivity contribution >= 4 is 23.0 Å². The van der Waals surface area contributed by atoms with Crippen LogP contribution < -0.4 is 20.1 Å². The van der Waals surface area contributed by atoms with Crippen LogP contribution in [-0.2, 0) is 0 Å². The van der Waals surface area contributed by atoms with Crippen LogP contribution in [0.1, 0.15) is 13.8 Å². The summed E-state index contributed by atoms with van der Waals surface area (Å²) in [5.41, 5.74) is 0.899. The maximum atomic E-state index is 5.29. The van der Waals surface area contributed by atoms with E-state index in [2.05, 4.69) is 24.5 Å². The van der Waals surface area contributed by atoms with Gasteiger partial charge in [0.1, 0.15) is 0 Å². The van der Waals surface area contributed by atoms with Gasteiger partial charge in [0, 0.05) is 18.3 Å². The van der Waals surface area contributed by atoms with Crippen LogP contribution in [-0.4, -0.2) is 18.5 Å². The first-order valence-corrected chi connectivity index (χ1v) is 6.00. The Morgan fingerprint density at radius 3 is 2.88 bits per heavy atom. The predicted octanol–water partition coefficient (Wildman–Crippen LogP) is 2.36. The molecule has 2 rings (SSSR count). The van der Waals surface area contributed by atoms with E-state index < -0.39 is 0 Å². The maximum Gasteiger partial charge on any atom is 0.231 e. The molecule has 0 spiro atoms. The normalized spacial score (nSPS) is 12.6. The average molecular weight is 252 g/mol. The lowest BCUT2D eigenvalue weighted by molar-refractivity contribution is 0.174. The predicted molar refractivity (Wildman–Crippen MR) is 71.6 cm³/mol. The molecule has 92 valence electrons. The van der Waals surface area contributed by atoms with Crippen molar-refractivity contribution in [1.82, 2.24) is 5.32 Å². The average Bonchev–Trinajstić information content (AvgIpc) is 2.73. The van der Waals surface area contributed by atoms with Crippen molar-refractivity contribution < 1.29 is 9.47 Å². The van der Waals surface area contributed by atoms with Crippen LogP contribution >= 0.6 is 12.2 Å². The number of rotatable bonds is 3. The van der Waals surface area contributed by atoms with Crippen molar-refractivity contribution in [3.8, 4) is 11.5 Å². The standard InChI is InChI=1S/C12H16N2O2S/c1-8(2)6-13-12(17)14-9-3-4-10-11(5-9)16-7-15-10/h3-5,8H,6-7H2,1-2H3,(H2,13,14,17). The van der Waals surface area contributed by atoms with E-state index >= 15 is 0 Å². The second-order valence-electron chi connectivity index (χ2n) is 4.30. The Labute approximate surface area is 106 Å². The van der Waals surface area contributed by atoms with Crippen molar-refractivity contribution in [2.75, 3.05) is 18.7 Å². The SMILES string of the molecule is CC(C)CNC(=S)Nc1ccc2c(c1)OCO2. The van der Waals surface area contributed by atoms with E-state index in [4.69, 9.17) is 21.7 Å². The smallest absolute Gasteiger partial charge is 0.231 e. The molecule has 1 heterocycles. The second-order valence-corrected chi connectivity index (χ2v) is 4.71.